The van der Waals surface area contributed by atoms with Crippen molar-refractivity contribution in [3.8, 4) is 12.3 Å². The molecule has 1 saturated heterocycles. The number of carbonyl (C=O) groups is 1. The summed E-state index contributed by atoms with van der Waals surface area (Å²) in [7, 11) is 0. The zero-order valence-corrected chi connectivity index (χ0v) is 17.9. The van der Waals surface area contributed by atoms with Gasteiger partial charge in [0.2, 0.25) is 0 Å². The number of likely N-dealkylation sites (tertiary alicyclic amines) is 1. The van der Waals surface area contributed by atoms with Crippen molar-refractivity contribution in [2.45, 2.75) is 91.1 Å². The van der Waals surface area contributed by atoms with Gasteiger partial charge in [0.15, 0.2) is 0 Å². The fourth-order valence-electron chi connectivity index (χ4n) is 4.43. The van der Waals surface area contributed by atoms with Gasteiger partial charge in [0.1, 0.15) is 5.60 Å². The summed E-state index contributed by atoms with van der Waals surface area (Å²) in [5.74, 6) is 4.14. The average molecular weight is 374 g/mol. The van der Waals surface area contributed by atoms with Gasteiger partial charge < -0.3 is 9.64 Å². The summed E-state index contributed by atoms with van der Waals surface area (Å²) in [4.78, 5) is 14.2. The van der Waals surface area contributed by atoms with Crippen LogP contribution in [0.2, 0.25) is 0 Å². The molecule has 0 spiro atoms. The Morgan fingerprint density at radius 1 is 1.22 bits per heavy atom. The molecule has 1 amide bonds. The van der Waals surface area contributed by atoms with E-state index in [9.17, 15) is 4.79 Å². The van der Waals surface area contributed by atoms with E-state index in [-0.39, 0.29) is 6.09 Å². The number of hydrogen-bond acceptors (Lipinski definition) is 2. The van der Waals surface area contributed by atoms with Gasteiger partial charge in [0, 0.05) is 19.0 Å². The highest BCUT2D eigenvalue weighted by Crippen LogP contribution is 2.40. The first-order chi connectivity index (χ1) is 12.8. The first-order valence-electron chi connectivity index (χ1n) is 10.9. The second-order valence-corrected chi connectivity index (χ2v) is 9.57. The molecule has 2 aliphatic rings. The molecule has 0 atom stereocenters. The molecule has 2 rings (SSSR count). The number of hydrogen-bond donors (Lipinski definition) is 0. The lowest BCUT2D eigenvalue weighted by Gasteiger charge is -2.41. The van der Waals surface area contributed by atoms with Crippen LogP contribution in [0.5, 0.6) is 0 Å². The van der Waals surface area contributed by atoms with E-state index in [0.29, 0.717) is 11.3 Å². The molecule has 27 heavy (non-hydrogen) atoms. The van der Waals surface area contributed by atoms with Crippen LogP contribution in [0.4, 0.5) is 4.79 Å². The van der Waals surface area contributed by atoms with E-state index in [1.54, 1.807) is 0 Å². The van der Waals surface area contributed by atoms with E-state index < -0.39 is 5.60 Å². The minimum atomic E-state index is -0.416. The van der Waals surface area contributed by atoms with E-state index in [2.05, 4.69) is 25.0 Å². The summed E-state index contributed by atoms with van der Waals surface area (Å²) >= 11 is 0. The van der Waals surface area contributed by atoms with Crippen LogP contribution in [0.1, 0.15) is 85.5 Å². The van der Waals surface area contributed by atoms with Crippen molar-refractivity contribution in [2.75, 3.05) is 13.1 Å². The number of ether oxygens (including phenoxy) is 1. The lowest BCUT2D eigenvalue weighted by atomic mass is 9.73. The topological polar surface area (TPSA) is 29.5 Å². The molecule has 3 heteroatoms. The Balaban J connectivity index is 1.75. The SMILES string of the molecule is C#CC1CCC(/C=C/CCC2(CC)CCN(C(=O)OC(C)(C)C)CC2)CC1. The Hall–Kier alpha value is -1.43. The van der Waals surface area contributed by atoms with Crippen LogP contribution >= 0.6 is 0 Å². The number of terminal acetylenes is 1. The molecule has 0 N–H and O–H groups in total. The minimum absolute atomic E-state index is 0.158. The van der Waals surface area contributed by atoms with E-state index in [0.717, 1.165) is 38.3 Å². The van der Waals surface area contributed by atoms with Gasteiger partial charge in [-0.3, -0.25) is 0 Å². The van der Waals surface area contributed by atoms with Crippen molar-refractivity contribution in [1.82, 2.24) is 4.90 Å². The molecule has 1 heterocycles. The Bertz CT molecular complexity index is 536. The monoisotopic (exact) mass is 373 g/mol. The van der Waals surface area contributed by atoms with Crippen molar-refractivity contribution in [3.05, 3.63) is 12.2 Å². The van der Waals surface area contributed by atoms with Gasteiger partial charge in [-0.05, 0) is 83.5 Å². The second-order valence-electron chi connectivity index (χ2n) is 9.57. The highest BCUT2D eigenvalue weighted by Gasteiger charge is 2.35. The molecular weight excluding hydrogens is 334 g/mol. The summed E-state index contributed by atoms with van der Waals surface area (Å²) in [6.07, 6.45) is 20.8. The van der Waals surface area contributed by atoms with Crippen LogP contribution in [0.15, 0.2) is 12.2 Å². The van der Waals surface area contributed by atoms with Crippen molar-refractivity contribution in [1.29, 1.82) is 0 Å². The fraction of sp³-hybridized carbons (Fsp3) is 0.792. The van der Waals surface area contributed by atoms with Crippen LogP contribution in [-0.2, 0) is 4.74 Å². The molecule has 2 fully saturated rings. The second kappa shape index (κ2) is 9.67. The Morgan fingerprint density at radius 3 is 2.37 bits per heavy atom. The van der Waals surface area contributed by atoms with Crippen LogP contribution in [0, 0.1) is 29.6 Å². The van der Waals surface area contributed by atoms with Crippen molar-refractivity contribution < 1.29 is 9.53 Å². The zero-order valence-electron chi connectivity index (χ0n) is 17.9. The number of nitrogens with zero attached hydrogens (tertiary/aromatic N) is 1. The van der Waals surface area contributed by atoms with Crippen LogP contribution in [0.3, 0.4) is 0 Å². The normalized spacial score (nSPS) is 26.0. The standard InChI is InChI=1S/C24H39NO2/c1-6-20-11-13-21(14-12-20)10-8-9-15-24(7-2)16-18-25(19-17-24)22(26)27-23(3,4)5/h1,8,10,20-21H,7,9,11-19H2,2-5H3/b10-8+. The van der Waals surface area contributed by atoms with E-state index in [4.69, 9.17) is 11.2 Å². The third-order valence-electron chi connectivity index (χ3n) is 6.48. The van der Waals surface area contributed by atoms with Crippen molar-refractivity contribution in [3.63, 3.8) is 0 Å². The molecule has 152 valence electrons. The Morgan fingerprint density at radius 2 is 1.85 bits per heavy atom. The van der Waals surface area contributed by atoms with Crippen molar-refractivity contribution >= 4 is 6.09 Å². The quantitative estimate of drug-likeness (QED) is 0.425. The zero-order chi connectivity index (χ0) is 19.9. The first kappa shape index (κ1) is 21.9. The van der Waals surface area contributed by atoms with Gasteiger partial charge in [0.05, 0.1) is 0 Å². The molecule has 0 bridgehead atoms. The van der Waals surface area contributed by atoms with Gasteiger partial charge in [-0.1, -0.05) is 25.5 Å². The summed E-state index contributed by atoms with van der Waals surface area (Å²) in [6, 6.07) is 0. The third-order valence-corrected chi connectivity index (χ3v) is 6.48. The maximum absolute atomic E-state index is 12.3. The smallest absolute Gasteiger partial charge is 0.410 e. The first-order valence-corrected chi connectivity index (χ1v) is 10.9. The van der Waals surface area contributed by atoms with E-state index in [1.165, 1.54) is 38.5 Å². The van der Waals surface area contributed by atoms with Crippen molar-refractivity contribution in [2.24, 2.45) is 17.3 Å². The van der Waals surface area contributed by atoms with Gasteiger partial charge in [0.25, 0.3) is 0 Å². The molecule has 0 aromatic heterocycles. The van der Waals surface area contributed by atoms with Crippen LogP contribution in [-0.4, -0.2) is 29.7 Å². The lowest BCUT2D eigenvalue weighted by molar-refractivity contribution is 0.00840. The molecular formula is C24H39NO2. The molecule has 0 aromatic rings. The molecule has 0 radical (unpaired) electrons. The maximum atomic E-state index is 12.3. The Labute approximate surface area is 166 Å². The highest BCUT2D eigenvalue weighted by molar-refractivity contribution is 5.68. The predicted octanol–water partition coefficient (Wildman–Crippen LogP) is 6.19. The van der Waals surface area contributed by atoms with Crippen LogP contribution < -0.4 is 0 Å². The van der Waals surface area contributed by atoms with Gasteiger partial charge in [-0.15, -0.1) is 12.3 Å². The molecule has 1 aliphatic heterocycles. The fourth-order valence-corrected chi connectivity index (χ4v) is 4.43. The van der Waals surface area contributed by atoms with Crippen LogP contribution in [0.25, 0.3) is 0 Å². The number of piperidine rings is 1. The largest absolute Gasteiger partial charge is 0.444 e. The molecule has 1 saturated carbocycles. The molecule has 3 nitrogen and oxygen atoms in total. The minimum Gasteiger partial charge on any atom is -0.444 e. The summed E-state index contributed by atoms with van der Waals surface area (Å²) in [5, 5.41) is 0. The van der Waals surface area contributed by atoms with Gasteiger partial charge in [-0.2, -0.15) is 0 Å². The van der Waals surface area contributed by atoms with Gasteiger partial charge in [-0.25, -0.2) is 4.79 Å². The molecule has 0 aromatic carbocycles. The predicted molar refractivity (Wildman–Crippen MR) is 112 cm³/mol. The number of rotatable bonds is 5. The number of amides is 1. The molecule has 1 aliphatic carbocycles. The Kier molecular flexibility index (Phi) is 7.83. The van der Waals surface area contributed by atoms with E-state index >= 15 is 0 Å². The highest BCUT2D eigenvalue weighted by atomic mass is 16.6. The number of allylic oxidation sites excluding steroid dienone is 2. The van der Waals surface area contributed by atoms with E-state index in [1.807, 2.05) is 25.7 Å². The average Bonchev–Trinajstić information content (AvgIpc) is 2.65. The lowest BCUT2D eigenvalue weighted by Crippen LogP contribution is -2.45. The summed E-state index contributed by atoms with van der Waals surface area (Å²) in [6.45, 7) is 9.72. The van der Waals surface area contributed by atoms with Gasteiger partial charge >= 0.3 is 6.09 Å². The maximum Gasteiger partial charge on any atom is 0.410 e. The summed E-state index contributed by atoms with van der Waals surface area (Å²) < 4.78 is 5.52. The summed E-state index contributed by atoms with van der Waals surface area (Å²) in [5.41, 5.74) is -0.0372. The number of carbonyl (C=O) groups excluding carboxylic acids is 1. The third kappa shape index (κ3) is 6.91. The molecule has 0 unspecified atom stereocenters.